The lowest BCUT2D eigenvalue weighted by molar-refractivity contribution is 0.100. The van der Waals surface area contributed by atoms with Gasteiger partial charge in [0.15, 0.2) is 10.6 Å². The third-order valence-corrected chi connectivity index (χ3v) is 3.04. The van der Waals surface area contributed by atoms with E-state index < -0.39 is 10.6 Å². The number of aryl methyl sites for hydroxylation is 1. The molecule has 0 amide bonds. The van der Waals surface area contributed by atoms with Crippen LogP contribution in [0.1, 0.15) is 42.3 Å². The van der Waals surface area contributed by atoms with E-state index >= 15 is 0 Å². The van der Waals surface area contributed by atoms with E-state index in [2.05, 4.69) is 0 Å². The van der Waals surface area contributed by atoms with Crippen molar-refractivity contribution in [2.24, 2.45) is 0 Å². The number of halogens is 2. The van der Waals surface area contributed by atoms with E-state index in [0.29, 0.717) is 11.1 Å². The summed E-state index contributed by atoms with van der Waals surface area (Å²) in [6.45, 7) is 7.63. The molecule has 0 aliphatic rings. The molecular formula is C13H16Cl2O2. The molecule has 0 unspecified atom stereocenters. The minimum absolute atomic E-state index is 0.0196. The second-order valence-electron chi connectivity index (χ2n) is 5.07. The number of Topliss-reactive ketones (excluding diaryl/α,β-unsaturated/α-hetero) is 1. The summed E-state index contributed by atoms with van der Waals surface area (Å²) >= 11 is 11.2. The molecule has 0 saturated carbocycles. The summed E-state index contributed by atoms with van der Waals surface area (Å²) in [7, 11) is 0. The van der Waals surface area contributed by atoms with Gasteiger partial charge >= 0.3 is 0 Å². The second kappa shape index (κ2) is 4.87. The molecule has 94 valence electrons. The van der Waals surface area contributed by atoms with Gasteiger partial charge in [-0.15, -0.1) is 0 Å². The monoisotopic (exact) mass is 274 g/mol. The van der Waals surface area contributed by atoms with E-state index in [0.717, 1.165) is 0 Å². The molecule has 1 aromatic carbocycles. The summed E-state index contributed by atoms with van der Waals surface area (Å²) in [5, 5.41) is 10.2. The van der Waals surface area contributed by atoms with Gasteiger partial charge in [0.05, 0.1) is 5.56 Å². The average Bonchev–Trinajstić information content (AvgIpc) is 2.14. The van der Waals surface area contributed by atoms with Crippen molar-refractivity contribution in [1.82, 2.24) is 0 Å². The molecule has 17 heavy (non-hydrogen) atoms. The van der Waals surface area contributed by atoms with E-state index in [9.17, 15) is 9.90 Å². The Morgan fingerprint density at radius 2 is 1.82 bits per heavy atom. The van der Waals surface area contributed by atoms with Gasteiger partial charge in [0.1, 0.15) is 5.75 Å². The molecule has 0 heterocycles. The smallest absolute Gasteiger partial charge is 0.199 e. The zero-order valence-electron chi connectivity index (χ0n) is 10.3. The molecule has 0 radical (unpaired) electrons. The van der Waals surface area contributed by atoms with Gasteiger partial charge in [0.2, 0.25) is 0 Å². The maximum absolute atomic E-state index is 11.8. The first kappa shape index (κ1) is 14.3. The Balaban J connectivity index is 3.46. The normalized spacial score (nSPS) is 11.9. The van der Waals surface area contributed by atoms with Crippen LogP contribution in [0.4, 0.5) is 0 Å². The van der Waals surface area contributed by atoms with E-state index in [4.69, 9.17) is 23.2 Å². The Hall–Kier alpha value is -0.730. The Kier molecular flexibility index (Phi) is 4.11. The van der Waals surface area contributed by atoms with Crippen LogP contribution in [-0.4, -0.2) is 15.7 Å². The Morgan fingerprint density at radius 3 is 2.24 bits per heavy atom. The van der Waals surface area contributed by atoms with Crippen molar-refractivity contribution in [3.8, 4) is 5.75 Å². The standard InChI is InChI=1S/C13H16Cl2O2/c1-7-5-6-8(13(2,3)4)10(16)9(7)11(17)12(14)15/h5-6,12,16H,1-4H3. The molecule has 1 aromatic rings. The summed E-state index contributed by atoms with van der Waals surface area (Å²) in [6, 6.07) is 3.61. The predicted molar refractivity (Wildman–Crippen MR) is 71.4 cm³/mol. The van der Waals surface area contributed by atoms with Crippen molar-refractivity contribution in [2.75, 3.05) is 0 Å². The highest BCUT2D eigenvalue weighted by Gasteiger charge is 2.26. The molecule has 1 rings (SSSR count). The lowest BCUT2D eigenvalue weighted by atomic mass is 9.83. The highest BCUT2D eigenvalue weighted by Crippen LogP contribution is 2.36. The van der Waals surface area contributed by atoms with Crippen LogP contribution in [0.25, 0.3) is 0 Å². The Bertz CT molecular complexity index is 445. The fourth-order valence-corrected chi connectivity index (χ4v) is 1.94. The zero-order valence-corrected chi connectivity index (χ0v) is 11.9. The molecular weight excluding hydrogens is 259 g/mol. The van der Waals surface area contributed by atoms with Crippen LogP contribution in [0.15, 0.2) is 12.1 Å². The number of carbonyl (C=O) groups is 1. The summed E-state index contributed by atoms with van der Waals surface area (Å²) in [6.07, 6.45) is 0. The molecule has 0 saturated heterocycles. The van der Waals surface area contributed by atoms with Crippen molar-refractivity contribution in [3.05, 3.63) is 28.8 Å². The lowest BCUT2D eigenvalue weighted by Crippen LogP contribution is -2.16. The molecule has 0 aliphatic heterocycles. The maximum atomic E-state index is 11.8. The fraction of sp³-hybridized carbons (Fsp3) is 0.462. The molecule has 0 aromatic heterocycles. The largest absolute Gasteiger partial charge is 0.507 e. The van der Waals surface area contributed by atoms with Gasteiger partial charge in [0, 0.05) is 0 Å². The first-order valence-corrected chi connectivity index (χ1v) is 6.19. The number of alkyl halides is 2. The first-order chi connectivity index (χ1) is 7.66. The number of phenolic OH excluding ortho intramolecular Hbond substituents is 1. The number of rotatable bonds is 2. The van der Waals surface area contributed by atoms with Crippen LogP contribution in [-0.2, 0) is 5.41 Å². The van der Waals surface area contributed by atoms with E-state index in [-0.39, 0.29) is 16.7 Å². The van der Waals surface area contributed by atoms with Crippen LogP contribution in [0.3, 0.4) is 0 Å². The van der Waals surface area contributed by atoms with Crippen molar-refractivity contribution in [1.29, 1.82) is 0 Å². The highest BCUT2D eigenvalue weighted by molar-refractivity contribution is 6.55. The topological polar surface area (TPSA) is 37.3 Å². The second-order valence-corrected chi connectivity index (χ2v) is 6.16. The van der Waals surface area contributed by atoms with Crippen LogP contribution in [0, 0.1) is 6.92 Å². The number of benzene rings is 1. The van der Waals surface area contributed by atoms with Crippen LogP contribution < -0.4 is 0 Å². The Labute approximate surface area is 112 Å². The maximum Gasteiger partial charge on any atom is 0.199 e. The van der Waals surface area contributed by atoms with Gasteiger partial charge < -0.3 is 5.11 Å². The zero-order chi connectivity index (χ0) is 13.4. The molecule has 4 heteroatoms. The number of carbonyl (C=O) groups excluding carboxylic acids is 1. The Morgan fingerprint density at radius 1 is 1.29 bits per heavy atom. The van der Waals surface area contributed by atoms with E-state index in [1.165, 1.54) is 0 Å². The molecule has 0 bridgehead atoms. The van der Waals surface area contributed by atoms with Crippen LogP contribution in [0.2, 0.25) is 0 Å². The van der Waals surface area contributed by atoms with E-state index in [1.54, 1.807) is 13.0 Å². The predicted octanol–water partition coefficient (Wildman–Crippen LogP) is 3.98. The summed E-state index contributed by atoms with van der Waals surface area (Å²) < 4.78 is 0. The quantitative estimate of drug-likeness (QED) is 0.654. The van der Waals surface area contributed by atoms with Crippen molar-refractivity contribution >= 4 is 29.0 Å². The minimum Gasteiger partial charge on any atom is -0.507 e. The average molecular weight is 275 g/mol. The number of aromatic hydroxyl groups is 1. The van der Waals surface area contributed by atoms with Gasteiger partial charge in [-0.25, -0.2) is 0 Å². The summed E-state index contributed by atoms with van der Waals surface area (Å²) in [5.41, 5.74) is 1.35. The number of hydrogen-bond acceptors (Lipinski definition) is 2. The third-order valence-electron chi connectivity index (χ3n) is 2.64. The van der Waals surface area contributed by atoms with Gasteiger partial charge in [-0.05, 0) is 23.5 Å². The molecule has 2 nitrogen and oxygen atoms in total. The highest BCUT2D eigenvalue weighted by atomic mass is 35.5. The fourth-order valence-electron chi connectivity index (χ4n) is 1.72. The lowest BCUT2D eigenvalue weighted by Gasteiger charge is -2.22. The summed E-state index contributed by atoms with van der Waals surface area (Å²) in [5.74, 6) is -0.483. The molecule has 0 aliphatic carbocycles. The number of ketones is 1. The first-order valence-electron chi connectivity index (χ1n) is 5.31. The number of hydrogen-bond donors (Lipinski definition) is 1. The summed E-state index contributed by atoms with van der Waals surface area (Å²) in [4.78, 5) is 10.7. The molecule has 0 spiro atoms. The molecule has 1 N–H and O–H groups in total. The minimum atomic E-state index is -1.16. The molecule has 0 fully saturated rings. The van der Waals surface area contributed by atoms with Gasteiger partial charge in [-0.2, -0.15) is 0 Å². The van der Waals surface area contributed by atoms with Gasteiger partial charge in [-0.3, -0.25) is 4.79 Å². The SMILES string of the molecule is Cc1ccc(C(C)(C)C)c(O)c1C(=O)C(Cl)Cl. The number of phenols is 1. The van der Waals surface area contributed by atoms with E-state index in [1.807, 2.05) is 26.8 Å². The van der Waals surface area contributed by atoms with Gasteiger partial charge in [0.25, 0.3) is 0 Å². The van der Waals surface area contributed by atoms with Crippen molar-refractivity contribution in [2.45, 2.75) is 37.9 Å². The van der Waals surface area contributed by atoms with Crippen molar-refractivity contribution in [3.63, 3.8) is 0 Å². The van der Waals surface area contributed by atoms with Crippen molar-refractivity contribution < 1.29 is 9.90 Å². The van der Waals surface area contributed by atoms with Crippen LogP contribution >= 0.6 is 23.2 Å². The molecule has 0 atom stereocenters. The van der Waals surface area contributed by atoms with Crippen LogP contribution in [0.5, 0.6) is 5.75 Å². The van der Waals surface area contributed by atoms with Gasteiger partial charge in [-0.1, -0.05) is 56.1 Å². The third kappa shape index (κ3) is 2.93.